The number of pyridine rings is 1. The number of halogens is 1. The average molecular weight is 296 g/mol. The van der Waals surface area contributed by atoms with E-state index in [4.69, 9.17) is 0 Å². The number of hydrogen-bond acceptors (Lipinski definition) is 3. The Hall–Kier alpha value is -1.62. The van der Waals surface area contributed by atoms with Gasteiger partial charge in [-0.2, -0.15) is 0 Å². The minimum Gasteiger partial charge on any atom is -0.465 e. The fraction of sp³-hybridized carbons (Fsp3) is 0.167. The van der Waals surface area contributed by atoms with Crippen LogP contribution in [0.4, 0.5) is 0 Å². The van der Waals surface area contributed by atoms with Crippen LogP contribution in [-0.4, -0.2) is 17.6 Å². The zero-order valence-electron chi connectivity index (χ0n) is 9.36. The van der Waals surface area contributed by atoms with Crippen molar-refractivity contribution in [2.75, 3.05) is 7.11 Å². The number of benzene rings is 1. The Morgan fingerprint density at radius 2 is 2.06 bits per heavy atom. The van der Waals surface area contributed by atoms with Gasteiger partial charge in [0.15, 0.2) is 0 Å². The van der Waals surface area contributed by atoms with Gasteiger partial charge in [-0.3, -0.25) is 4.79 Å². The lowest BCUT2D eigenvalue weighted by Crippen LogP contribution is -2.25. The molecule has 0 radical (unpaired) electrons. The number of aryl methyl sites for hydroxylation is 1. The molecule has 88 valence electrons. The molecule has 1 aromatic heterocycles. The quantitative estimate of drug-likeness (QED) is 0.757. The summed E-state index contributed by atoms with van der Waals surface area (Å²) in [6, 6.07) is 7.08. The largest absolute Gasteiger partial charge is 0.465 e. The minimum absolute atomic E-state index is 0.0461. The zero-order chi connectivity index (χ0) is 12.6. The number of methoxy groups -OCH3 is 1. The molecule has 0 bridgehead atoms. The van der Waals surface area contributed by atoms with Gasteiger partial charge in [-0.05, 0) is 23.6 Å². The molecule has 0 fully saturated rings. The van der Waals surface area contributed by atoms with Crippen LogP contribution in [-0.2, 0) is 11.8 Å². The third-order valence-corrected chi connectivity index (χ3v) is 3.09. The van der Waals surface area contributed by atoms with Crippen molar-refractivity contribution in [3.05, 3.63) is 44.7 Å². The topological polar surface area (TPSA) is 48.3 Å². The van der Waals surface area contributed by atoms with Gasteiger partial charge < -0.3 is 9.30 Å². The van der Waals surface area contributed by atoms with E-state index in [0.29, 0.717) is 0 Å². The monoisotopic (exact) mass is 295 g/mol. The van der Waals surface area contributed by atoms with Crippen molar-refractivity contribution >= 4 is 32.8 Å². The second-order valence-corrected chi connectivity index (χ2v) is 4.53. The van der Waals surface area contributed by atoms with Gasteiger partial charge in [0, 0.05) is 11.5 Å². The first-order chi connectivity index (χ1) is 8.04. The molecule has 1 heterocycles. The molecule has 0 saturated heterocycles. The van der Waals surface area contributed by atoms with E-state index >= 15 is 0 Å². The third kappa shape index (κ3) is 1.98. The van der Waals surface area contributed by atoms with Crippen LogP contribution in [0.15, 0.2) is 33.5 Å². The van der Waals surface area contributed by atoms with Crippen LogP contribution >= 0.6 is 15.9 Å². The van der Waals surface area contributed by atoms with Gasteiger partial charge in [0.1, 0.15) is 5.56 Å². The number of carbonyl (C=O) groups excluding carboxylic acids is 1. The summed E-state index contributed by atoms with van der Waals surface area (Å²) in [6.45, 7) is 0. The van der Waals surface area contributed by atoms with E-state index in [-0.39, 0.29) is 11.1 Å². The van der Waals surface area contributed by atoms with Gasteiger partial charge in [-0.1, -0.05) is 22.0 Å². The Bertz CT molecular complexity index is 661. The number of rotatable bonds is 1. The summed E-state index contributed by atoms with van der Waals surface area (Å²) < 4.78 is 6.90. The summed E-state index contributed by atoms with van der Waals surface area (Å²) in [5, 5.41) is 0.815. The SMILES string of the molecule is COC(=O)c1cc2ccc(Br)cc2n(C)c1=O. The maximum Gasteiger partial charge on any atom is 0.343 e. The van der Waals surface area contributed by atoms with Gasteiger partial charge >= 0.3 is 5.97 Å². The first-order valence-electron chi connectivity index (χ1n) is 4.92. The van der Waals surface area contributed by atoms with Crippen molar-refractivity contribution in [2.45, 2.75) is 0 Å². The van der Waals surface area contributed by atoms with E-state index in [1.165, 1.54) is 11.7 Å². The summed E-state index contributed by atoms with van der Waals surface area (Å²) >= 11 is 3.35. The molecule has 0 N–H and O–H groups in total. The highest BCUT2D eigenvalue weighted by atomic mass is 79.9. The van der Waals surface area contributed by atoms with E-state index < -0.39 is 5.97 Å². The van der Waals surface area contributed by atoms with Gasteiger partial charge in [-0.25, -0.2) is 4.79 Å². The minimum atomic E-state index is -0.615. The predicted molar refractivity (Wildman–Crippen MR) is 68.2 cm³/mol. The molecule has 1 aromatic carbocycles. The summed E-state index contributed by atoms with van der Waals surface area (Å²) in [7, 11) is 2.89. The Kier molecular flexibility index (Phi) is 3.02. The van der Waals surface area contributed by atoms with Gasteiger partial charge in [0.2, 0.25) is 0 Å². The molecule has 0 atom stereocenters. The molecular weight excluding hydrogens is 286 g/mol. The summed E-state index contributed by atoms with van der Waals surface area (Å²) in [4.78, 5) is 23.4. The van der Waals surface area contributed by atoms with Crippen LogP contribution in [0.25, 0.3) is 10.9 Å². The normalized spacial score (nSPS) is 10.5. The van der Waals surface area contributed by atoms with Crippen molar-refractivity contribution in [1.82, 2.24) is 4.57 Å². The number of fused-ring (bicyclic) bond motifs is 1. The van der Waals surface area contributed by atoms with Crippen molar-refractivity contribution in [1.29, 1.82) is 0 Å². The highest BCUT2D eigenvalue weighted by Gasteiger charge is 2.14. The number of hydrogen-bond donors (Lipinski definition) is 0. The fourth-order valence-corrected chi connectivity index (χ4v) is 2.04. The van der Waals surface area contributed by atoms with E-state index in [0.717, 1.165) is 15.4 Å². The smallest absolute Gasteiger partial charge is 0.343 e. The highest BCUT2D eigenvalue weighted by molar-refractivity contribution is 9.10. The van der Waals surface area contributed by atoms with E-state index in [2.05, 4.69) is 20.7 Å². The van der Waals surface area contributed by atoms with E-state index in [1.807, 2.05) is 18.2 Å². The van der Waals surface area contributed by atoms with Crippen LogP contribution in [0.1, 0.15) is 10.4 Å². The number of ether oxygens (including phenoxy) is 1. The first kappa shape index (κ1) is 11.9. The molecule has 0 amide bonds. The second kappa shape index (κ2) is 4.33. The highest BCUT2D eigenvalue weighted by Crippen LogP contribution is 2.19. The first-order valence-corrected chi connectivity index (χ1v) is 5.71. The Morgan fingerprint density at radius 1 is 1.35 bits per heavy atom. The van der Waals surface area contributed by atoms with Crippen LogP contribution in [0.3, 0.4) is 0 Å². The van der Waals surface area contributed by atoms with Gasteiger partial charge in [0.05, 0.1) is 12.6 Å². The maximum absolute atomic E-state index is 11.9. The van der Waals surface area contributed by atoms with Crippen LogP contribution in [0.5, 0.6) is 0 Å². The zero-order valence-corrected chi connectivity index (χ0v) is 10.9. The lowest BCUT2D eigenvalue weighted by molar-refractivity contribution is 0.0598. The summed E-state index contributed by atoms with van der Waals surface area (Å²) in [6.07, 6.45) is 0. The molecule has 0 saturated carbocycles. The molecule has 2 aromatic rings. The van der Waals surface area contributed by atoms with E-state index in [9.17, 15) is 9.59 Å². The molecule has 0 unspecified atom stereocenters. The second-order valence-electron chi connectivity index (χ2n) is 3.62. The maximum atomic E-state index is 11.9. The average Bonchev–Trinajstić information content (AvgIpc) is 2.33. The standard InChI is InChI=1S/C12H10BrNO3/c1-14-10-6-8(13)4-3-7(10)5-9(11(14)15)12(16)17-2/h3-6H,1-2H3. The lowest BCUT2D eigenvalue weighted by atomic mass is 10.1. The lowest BCUT2D eigenvalue weighted by Gasteiger charge is -2.07. The van der Waals surface area contributed by atoms with Gasteiger partial charge in [-0.15, -0.1) is 0 Å². The fourth-order valence-electron chi connectivity index (χ4n) is 1.69. The van der Waals surface area contributed by atoms with Crippen LogP contribution < -0.4 is 5.56 Å². The van der Waals surface area contributed by atoms with Crippen molar-refractivity contribution in [3.63, 3.8) is 0 Å². The number of carbonyl (C=O) groups is 1. The van der Waals surface area contributed by atoms with Crippen molar-refractivity contribution in [2.24, 2.45) is 7.05 Å². The molecule has 0 spiro atoms. The third-order valence-electron chi connectivity index (χ3n) is 2.59. The van der Waals surface area contributed by atoms with Gasteiger partial charge in [0.25, 0.3) is 5.56 Å². The number of esters is 1. The molecular formula is C12H10BrNO3. The van der Waals surface area contributed by atoms with Crippen LogP contribution in [0, 0.1) is 0 Å². The number of nitrogens with zero attached hydrogens (tertiary/aromatic N) is 1. The molecule has 0 aliphatic rings. The van der Waals surface area contributed by atoms with E-state index in [1.54, 1.807) is 13.1 Å². The molecule has 0 aliphatic heterocycles. The molecule has 0 aliphatic carbocycles. The summed E-state index contributed by atoms with van der Waals surface area (Å²) in [5.74, 6) is -0.615. The number of aromatic nitrogens is 1. The molecule has 2 rings (SSSR count). The molecule has 4 nitrogen and oxygen atoms in total. The van der Waals surface area contributed by atoms with Crippen LogP contribution in [0.2, 0.25) is 0 Å². The molecule has 5 heteroatoms. The Morgan fingerprint density at radius 3 is 2.71 bits per heavy atom. The Labute approximate surface area is 106 Å². The summed E-state index contributed by atoms with van der Waals surface area (Å²) in [5.41, 5.74) is 0.448. The van der Waals surface area contributed by atoms with Crippen molar-refractivity contribution < 1.29 is 9.53 Å². The molecule has 17 heavy (non-hydrogen) atoms. The van der Waals surface area contributed by atoms with Crippen molar-refractivity contribution in [3.8, 4) is 0 Å². The Balaban J connectivity index is 2.84. The predicted octanol–water partition coefficient (Wildman–Crippen LogP) is 2.09.